The van der Waals surface area contributed by atoms with Gasteiger partial charge in [0, 0.05) is 11.0 Å². The lowest BCUT2D eigenvalue weighted by Gasteiger charge is -2.11. The molecule has 1 fully saturated rings. The molecule has 0 radical (unpaired) electrons. The molecule has 0 heterocycles. The van der Waals surface area contributed by atoms with Crippen molar-refractivity contribution >= 4 is 47.8 Å². The predicted molar refractivity (Wildman–Crippen MR) is 80.6 cm³/mol. The highest BCUT2D eigenvalue weighted by Crippen LogP contribution is 2.36. The first-order valence-corrected chi connectivity index (χ1v) is 8.03. The van der Waals surface area contributed by atoms with Crippen LogP contribution in [0.15, 0.2) is 25.6 Å². The van der Waals surface area contributed by atoms with Gasteiger partial charge in [0.25, 0.3) is 0 Å². The average molecular weight is 428 g/mol. The van der Waals surface area contributed by atoms with Crippen molar-refractivity contribution in [3.8, 4) is 5.75 Å². The molecule has 2 nitrogen and oxygen atoms in total. The Morgan fingerprint density at radius 3 is 2.41 bits per heavy atom. The van der Waals surface area contributed by atoms with Gasteiger partial charge in [-0.05, 0) is 69.3 Å². The van der Waals surface area contributed by atoms with Gasteiger partial charge >= 0.3 is 0 Å². The van der Waals surface area contributed by atoms with Crippen molar-refractivity contribution in [2.45, 2.75) is 12.8 Å². The Balaban J connectivity index is 1.77. The van der Waals surface area contributed by atoms with Gasteiger partial charge in [-0.3, -0.25) is 0 Å². The van der Waals surface area contributed by atoms with Gasteiger partial charge in [-0.2, -0.15) is 0 Å². The smallest absolute Gasteiger partial charge is 0.147 e. The Morgan fingerprint density at radius 1 is 1.18 bits per heavy atom. The summed E-state index contributed by atoms with van der Waals surface area (Å²) in [4.78, 5) is 0. The number of nitrogens with one attached hydrogen (secondary N) is 1. The highest BCUT2D eigenvalue weighted by molar-refractivity contribution is 9.11. The summed E-state index contributed by atoms with van der Waals surface area (Å²) >= 11 is 10.4. The third-order valence-corrected chi connectivity index (χ3v) is 4.25. The van der Waals surface area contributed by atoms with Gasteiger partial charge in [-0.25, -0.2) is 0 Å². The Hall–Kier alpha value is 0.420. The molecule has 94 valence electrons. The molecule has 0 aromatic heterocycles. The largest absolute Gasteiger partial charge is 0.490 e. The SMILES string of the molecule is Brc1cc(Br)c(OCCNCC2CC2)c(Br)c1. The second-order valence-corrected chi connectivity index (χ2v) is 6.82. The van der Waals surface area contributed by atoms with Gasteiger partial charge in [0.15, 0.2) is 0 Å². The zero-order valence-corrected chi connectivity index (χ0v) is 14.1. The van der Waals surface area contributed by atoms with E-state index in [1.807, 2.05) is 12.1 Å². The minimum atomic E-state index is 0.686. The number of hydrogen-bond donors (Lipinski definition) is 1. The Kier molecular flexibility index (Phi) is 5.33. The molecular weight excluding hydrogens is 414 g/mol. The lowest BCUT2D eigenvalue weighted by Crippen LogP contribution is -2.23. The predicted octanol–water partition coefficient (Wildman–Crippen LogP) is 4.35. The van der Waals surface area contributed by atoms with Crippen LogP contribution in [0.4, 0.5) is 0 Å². The molecule has 5 heteroatoms. The topological polar surface area (TPSA) is 21.3 Å². The first-order valence-electron chi connectivity index (χ1n) is 5.65. The number of halogens is 3. The van der Waals surface area contributed by atoms with Gasteiger partial charge in [-0.15, -0.1) is 0 Å². The second kappa shape index (κ2) is 6.55. The van der Waals surface area contributed by atoms with E-state index in [2.05, 4.69) is 53.1 Å². The van der Waals surface area contributed by atoms with Crippen LogP contribution in [0.25, 0.3) is 0 Å². The average Bonchev–Trinajstić information content (AvgIpc) is 3.04. The summed E-state index contributed by atoms with van der Waals surface area (Å²) in [6.07, 6.45) is 2.77. The standard InChI is InChI=1S/C12H14Br3NO/c13-9-5-10(14)12(11(15)6-9)17-4-3-16-7-8-1-2-8/h5-6,8,16H,1-4,7H2. The first kappa shape index (κ1) is 13.8. The lowest BCUT2D eigenvalue weighted by atomic mass is 10.3. The molecule has 0 aliphatic heterocycles. The molecule has 1 aliphatic carbocycles. The minimum Gasteiger partial charge on any atom is -0.490 e. The van der Waals surface area contributed by atoms with E-state index in [1.54, 1.807) is 0 Å². The van der Waals surface area contributed by atoms with Crippen LogP contribution in [-0.4, -0.2) is 19.7 Å². The van der Waals surface area contributed by atoms with Crippen LogP contribution in [0.5, 0.6) is 5.75 Å². The third-order valence-electron chi connectivity index (χ3n) is 2.62. The number of hydrogen-bond acceptors (Lipinski definition) is 2. The van der Waals surface area contributed by atoms with E-state index in [4.69, 9.17) is 4.74 Å². The fourth-order valence-corrected chi connectivity index (χ4v) is 4.01. The summed E-state index contributed by atoms with van der Waals surface area (Å²) in [6, 6.07) is 3.97. The number of benzene rings is 1. The van der Waals surface area contributed by atoms with Crippen LogP contribution >= 0.6 is 47.8 Å². The summed E-state index contributed by atoms with van der Waals surface area (Å²) in [5, 5.41) is 3.40. The van der Waals surface area contributed by atoms with Gasteiger partial charge in [0.1, 0.15) is 12.4 Å². The highest BCUT2D eigenvalue weighted by atomic mass is 79.9. The number of rotatable bonds is 6. The molecule has 1 saturated carbocycles. The summed E-state index contributed by atoms with van der Waals surface area (Å²) in [7, 11) is 0. The minimum absolute atomic E-state index is 0.686. The fourth-order valence-electron chi connectivity index (χ4n) is 1.52. The van der Waals surface area contributed by atoms with Gasteiger partial charge in [-0.1, -0.05) is 15.9 Å². The fraction of sp³-hybridized carbons (Fsp3) is 0.500. The summed E-state index contributed by atoms with van der Waals surface area (Å²) in [5.41, 5.74) is 0. The van der Waals surface area contributed by atoms with Crippen molar-refractivity contribution in [1.82, 2.24) is 5.32 Å². The molecule has 1 aliphatic rings. The van der Waals surface area contributed by atoms with Crippen LogP contribution in [0.3, 0.4) is 0 Å². The first-order chi connectivity index (χ1) is 8.16. The van der Waals surface area contributed by atoms with Crippen LogP contribution in [0.2, 0.25) is 0 Å². The van der Waals surface area contributed by atoms with Crippen molar-refractivity contribution < 1.29 is 4.74 Å². The van der Waals surface area contributed by atoms with E-state index in [-0.39, 0.29) is 0 Å². The molecule has 2 rings (SSSR count). The van der Waals surface area contributed by atoms with Crippen molar-refractivity contribution in [3.05, 3.63) is 25.6 Å². The normalized spacial score (nSPS) is 15.0. The van der Waals surface area contributed by atoms with Crippen LogP contribution < -0.4 is 10.1 Å². The zero-order chi connectivity index (χ0) is 12.3. The van der Waals surface area contributed by atoms with E-state index >= 15 is 0 Å². The molecular formula is C12H14Br3NO. The molecule has 1 aromatic rings. The molecule has 0 saturated heterocycles. The van der Waals surface area contributed by atoms with E-state index in [9.17, 15) is 0 Å². The third kappa shape index (κ3) is 4.54. The molecule has 0 bridgehead atoms. The summed E-state index contributed by atoms with van der Waals surface area (Å²) in [6.45, 7) is 2.71. The van der Waals surface area contributed by atoms with Gasteiger partial charge in [0.2, 0.25) is 0 Å². The van der Waals surface area contributed by atoms with E-state index in [0.29, 0.717) is 6.61 Å². The van der Waals surface area contributed by atoms with E-state index in [1.165, 1.54) is 12.8 Å². The summed E-state index contributed by atoms with van der Waals surface area (Å²) < 4.78 is 8.69. The molecule has 0 amide bonds. The Morgan fingerprint density at radius 2 is 1.82 bits per heavy atom. The lowest BCUT2D eigenvalue weighted by molar-refractivity contribution is 0.309. The zero-order valence-electron chi connectivity index (χ0n) is 9.31. The maximum absolute atomic E-state index is 5.75. The van der Waals surface area contributed by atoms with Crippen LogP contribution in [0, 0.1) is 5.92 Å². The Bertz CT molecular complexity index is 370. The van der Waals surface area contributed by atoms with Crippen LogP contribution in [0.1, 0.15) is 12.8 Å². The quantitative estimate of drug-likeness (QED) is 0.681. The molecule has 0 atom stereocenters. The highest BCUT2D eigenvalue weighted by Gasteiger charge is 2.20. The molecule has 1 N–H and O–H groups in total. The van der Waals surface area contributed by atoms with Crippen LogP contribution in [-0.2, 0) is 0 Å². The maximum Gasteiger partial charge on any atom is 0.147 e. The number of ether oxygens (including phenoxy) is 1. The molecule has 1 aromatic carbocycles. The van der Waals surface area contributed by atoms with Crippen molar-refractivity contribution in [2.24, 2.45) is 5.92 Å². The molecule has 0 spiro atoms. The van der Waals surface area contributed by atoms with E-state index in [0.717, 1.165) is 38.2 Å². The van der Waals surface area contributed by atoms with E-state index < -0.39 is 0 Å². The van der Waals surface area contributed by atoms with Crippen molar-refractivity contribution in [3.63, 3.8) is 0 Å². The molecule has 0 unspecified atom stereocenters. The van der Waals surface area contributed by atoms with Gasteiger partial charge < -0.3 is 10.1 Å². The molecule has 17 heavy (non-hydrogen) atoms. The summed E-state index contributed by atoms with van der Waals surface area (Å²) in [5.74, 6) is 1.78. The van der Waals surface area contributed by atoms with Crippen molar-refractivity contribution in [2.75, 3.05) is 19.7 Å². The monoisotopic (exact) mass is 425 g/mol. The van der Waals surface area contributed by atoms with Gasteiger partial charge in [0.05, 0.1) is 8.95 Å². The van der Waals surface area contributed by atoms with Crippen molar-refractivity contribution in [1.29, 1.82) is 0 Å². The second-order valence-electron chi connectivity index (χ2n) is 4.19. The maximum atomic E-state index is 5.75. The Labute approximate surface area is 127 Å².